The molecule has 2 aromatic rings. The lowest BCUT2D eigenvalue weighted by atomic mass is 10.1. The summed E-state index contributed by atoms with van der Waals surface area (Å²) >= 11 is 6.06. The lowest BCUT2D eigenvalue weighted by Crippen LogP contribution is -2.49. The first kappa shape index (κ1) is 11.0. The SMILES string of the molecule is C[Si]1(C)c2cc(Cl)ccc2-c2c(F)cccc21. The highest BCUT2D eigenvalue weighted by atomic mass is 35.5. The van der Waals surface area contributed by atoms with Gasteiger partial charge >= 0.3 is 0 Å². The maximum Gasteiger partial charge on any atom is 0.130 e. The van der Waals surface area contributed by atoms with Crippen LogP contribution >= 0.6 is 11.6 Å². The molecule has 1 heterocycles. The van der Waals surface area contributed by atoms with E-state index in [1.807, 2.05) is 18.2 Å². The molecule has 0 saturated heterocycles. The average Bonchev–Trinajstić information content (AvgIpc) is 2.50. The van der Waals surface area contributed by atoms with Gasteiger partial charge in [0.15, 0.2) is 0 Å². The van der Waals surface area contributed by atoms with E-state index in [4.69, 9.17) is 11.6 Å². The maximum atomic E-state index is 14.0. The van der Waals surface area contributed by atoms with Gasteiger partial charge in [0.25, 0.3) is 0 Å². The van der Waals surface area contributed by atoms with Crippen molar-refractivity contribution in [3.8, 4) is 11.1 Å². The van der Waals surface area contributed by atoms with Gasteiger partial charge in [0, 0.05) is 10.6 Å². The minimum Gasteiger partial charge on any atom is -0.206 e. The van der Waals surface area contributed by atoms with Crippen molar-refractivity contribution in [1.82, 2.24) is 0 Å². The van der Waals surface area contributed by atoms with Crippen molar-refractivity contribution in [3.63, 3.8) is 0 Å². The van der Waals surface area contributed by atoms with E-state index in [2.05, 4.69) is 19.2 Å². The highest BCUT2D eigenvalue weighted by molar-refractivity contribution is 7.03. The molecular weight excluding hydrogens is 251 g/mol. The van der Waals surface area contributed by atoms with Crippen molar-refractivity contribution < 1.29 is 4.39 Å². The van der Waals surface area contributed by atoms with Crippen LogP contribution in [0.2, 0.25) is 18.1 Å². The molecule has 0 radical (unpaired) electrons. The lowest BCUT2D eigenvalue weighted by molar-refractivity contribution is 0.632. The summed E-state index contributed by atoms with van der Waals surface area (Å²) < 4.78 is 14.0. The number of benzene rings is 2. The van der Waals surface area contributed by atoms with Crippen molar-refractivity contribution in [2.24, 2.45) is 0 Å². The van der Waals surface area contributed by atoms with Gasteiger partial charge in [-0.3, -0.25) is 0 Å². The summed E-state index contributed by atoms with van der Waals surface area (Å²) in [7, 11) is -1.77. The zero-order chi connectivity index (χ0) is 12.2. The van der Waals surface area contributed by atoms with Gasteiger partial charge < -0.3 is 0 Å². The third-order valence-corrected chi connectivity index (χ3v) is 7.37. The Balaban J connectivity index is 2.43. The Morgan fingerprint density at radius 3 is 2.59 bits per heavy atom. The molecule has 0 unspecified atom stereocenters. The topological polar surface area (TPSA) is 0 Å². The first-order chi connectivity index (χ1) is 8.01. The number of rotatable bonds is 0. The van der Waals surface area contributed by atoms with Crippen molar-refractivity contribution in [3.05, 3.63) is 47.2 Å². The summed E-state index contributed by atoms with van der Waals surface area (Å²) in [5.74, 6) is -0.121. The summed E-state index contributed by atoms with van der Waals surface area (Å²) in [6.07, 6.45) is 0. The van der Waals surface area contributed by atoms with Crippen molar-refractivity contribution >= 4 is 30.0 Å². The van der Waals surface area contributed by atoms with Gasteiger partial charge in [-0.05, 0) is 34.1 Å². The molecule has 3 rings (SSSR count). The predicted octanol–water partition coefficient (Wildman–Crippen LogP) is 3.28. The van der Waals surface area contributed by atoms with Crippen LogP contribution in [0, 0.1) is 5.82 Å². The number of hydrogen-bond donors (Lipinski definition) is 0. The van der Waals surface area contributed by atoms with Crippen molar-refractivity contribution in [2.45, 2.75) is 13.1 Å². The van der Waals surface area contributed by atoms with Crippen LogP contribution in [0.25, 0.3) is 11.1 Å². The van der Waals surface area contributed by atoms with Crippen LogP contribution in [-0.2, 0) is 0 Å². The van der Waals surface area contributed by atoms with Gasteiger partial charge in [0.05, 0.1) is 0 Å². The molecule has 1 aliphatic rings. The van der Waals surface area contributed by atoms with E-state index in [1.54, 1.807) is 6.07 Å². The smallest absolute Gasteiger partial charge is 0.130 e. The van der Waals surface area contributed by atoms with E-state index >= 15 is 0 Å². The molecule has 0 aliphatic carbocycles. The molecule has 0 N–H and O–H groups in total. The Morgan fingerprint density at radius 1 is 1.06 bits per heavy atom. The second-order valence-corrected chi connectivity index (χ2v) is 9.74. The van der Waals surface area contributed by atoms with E-state index in [0.29, 0.717) is 0 Å². The third kappa shape index (κ3) is 1.41. The molecule has 0 bridgehead atoms. The van der Waals surface area contributed by atoms with Gasteiger partial charge in [0.2, 0.25) is 0 Å². The second-order valence-electron chi connectivity index (χ2n) is 4.98. The van der Waals surface area contributed by atoms with Crippen LogP contribution < -0.4 is 10.4 Å². The largest absolute Gasteiger partial charge is 0.206 e. The van der Waals surface area contributed by atoms with Crippen molar-refractivity contribution in [1.29, 1.82) is 0 Å². The normalized spacial score (nSPS) is 15.5. The predicted molar refractivity (Wildman–Crippen MR) is 73.6 cm³/mol. The molecule has 0 fully saturated rings. The molecular formula is C14H12ClFSi. The molecule has 0 atom stereocenters. The molecule has 0 amide bonds. The van der Waals surface area contributed by atoms with Gasteiger partial charge in [-0.25, -0.2) is 4.39 Å². The molecule has 0 spiro atoms. The van der Waals surface area contributed by atoms with Gasteiger partial charge in [-0.15, -0.1) is 0 Å². The summed E-state index contributed by atoms with van der Waals surface area (Å²) in [4.78, 5) is 0. The van der Waals surface area contributed by atoms with Gasteiger partial charge in [-0.2, -0.15) is 0 Å². The molecule has 0 saturated carbocycles. The maximum absolute atomic E-state index is 14.0. The fourth-order valence-electron chi connectivity index (χ4n) is 2.72. The minimum atomic E-state index is -1.77. The molecule has 86 valence electrons. The highest BCUT2D eigenvalue weighted by Gasteiger charge is 2.38. The van der Waals surface area contributed by atoms with Crippen LogP contribution in [0.4, 0.5) is 4.39 Å². The second kappa shape index (κ2) is 3.44. The highest BCUT2D eigenvalue weighted by Crippen LogP contribution is 2.31. The van der Waals surface area contributed by atoms with Gasteiger partial charge in [0.1, 0.15) is 13.9 Å². The van der Waals surface area contributed by atoms with Crippen molar-refractivity contribution in [2.75, 3.05) is 0 Å². The van der Waals surface area contributed by atoms with E-state index in [1.165, 1.54) is 16.4 Å². The first-order valence-corrected chi connectivity index (χ1v) is 8.99. The Labute approximate surface area is 106 Å². The minimum absolute atomic E-state index is 0.121. The average molecular weight is 263 g/mol. The van der Waals surface area contributed by atoms with E-state index in [-0.39, 0.29) is 5.82 Å². The Bertz CT molecular complexity index is 620. The van der Waals surface area contributed by atoms with E-state index in [9.17, 15) is 4.39 Å². The number of halogens is 2. The van der Waals surface area contributed by atoms with Crippen LogP contribution in [0.15, 0.2) is 36.4 Å². The number of fused-ring (bicyclic) bond motifs is 3. The van der Waals surface area contributed by atoms with E-state index < -0.39 is 8.07 Å². The Kier molecular flexibility index (Phi) is 2.22. The van der Waals surface area contributed by atoms with Crippen LogP contribution in [0.3, 0.4) is 0 Å². The molecule has 0 nitrogen and oxygen atoms in total. The summed E-state index contributed by atoms with van der Waals surface area (Å²) in [5.41, 5.74) is 1.81. The zero-order valence-corrected chi connectivity index (χ0v) is 11.5. The summed E-state index contributed by atoms with van der Waals surface area (Å²) in [5, 5.41) is 3.15. The standard InChI is InChI=1S/C14H12ClFSi/c1-17(2)12-5-3-4-11(16)14(12)10-7-6-9(15)8-13(10)17/h3-8H,1-2H3. The Morgan fingerprint density at radius 2 is 1.82 bits per heavy atom. The molecule has 17 heavy (non-hydrogen) atoms. The third-order valence-electron chi connectivity index (χ3n) is 3.61. The molecule has 3 heteroatoms. The van der Waals surface area contributed by atoms with Gasteiger partial charge in [-0.1, -0.05) is 42.9 Å². The molecule has 1 aliphatic heterocycles. The van der Waals surface area contributed by atoms with Crippen LogP contribution in [0.5, 0.6) is 0 Å². The molecule has 2 aromatic carbocycles. The Hall–Kier alpha value is -1.12. The van der Waals surface area contributed by atoms with Crippen LogP contribution in [-0.4, -0.2) is 8.07 Å². The van der Waals surface area contributed by atoms with E-state index in [0.717, 1.165) is 16.1 Å². The van der Waals surface area contributed by atoms with Crippen LogP contribution in [0.1, 0.15) is 0 Å². The summed E-state index contributed by atoms with van der Waals surface area (Å²) in [6, 6.07) is 11.2. The fraction of sp³-hybridized carbons (Fsp3) is 0.143. The fourth-order valence-corrected chi connectivity index (χ4v) is 6.06. The monoisotopic (exact) mass is 262 g/mol. The molecule has 0 aromatic heterocycles. The summed E-state index contributed by atoms with van der Waals surface area (Å²) in [6.45, 7) is 4.49. The number of hydrogen-bond acceptors (Lipinski definition) is 0. The zero-order valence-electron chi connectivity index (χ0n) is 9.72. The lowest BCUT2D eigenvalue weighted by Gasteiger charge is -2.18. The quantitative estimate of drug-likeness (QED) is 0.639. The first-order valence-electron chi connectivity index (χ1n) is 5.61.